The number of carbonyl (C=O) groups is 1. The van der Waals surface area contributed by atoms with Crippen molar-refractivity contribution in [1.82, 2.24) is 5.32 Å². The third-order valence-corrected chi connectivity index (χ3v) is 3.63. The van der Waals surface area contributed by atoms with Crippen molar-refractivity contribution in [3.8, 4) is 0 Å². The molecule has 2 aromatic rings. The van der Waals surface area contributed by atoms with E-state index in [1.807, 2.05) is 19.1 Å². The monoisotopic (exact) mass is 327 g/mol. The lowest BCUT2D eigenvalue weighted by Crippen LogP contribution is -2.22. The zero-order chi connectivity index (χ0) is 13.1. The summed E-state index contributed by atoms with van der Waals surface area (Å²) in [7, 11) is 0. The Morgan fingerprint density at radius 2 is 2.17 bits per heavy atom. The highest BCUT2D eigenvalue weighted by atomic mass is 79.9. The van der Waals surface area contributed by atoms with Crippen LogP contribution in [-0.4, -0.2) is 5.91 Å². The van der Waals surface area contributed by atoms with E-state index < -0.39 is 0 Å². The van der Waals surface area contributed by atoms with E-state index in [-0.39, 0.29) is 5.91 Å². The maximum Gasteiger partial charge on any atom is 0.251 e. The highest BCUT2D eigenvalue weighted by molar-refractivity contribution is 9.10. The number of amides is 1. The summed E-state index contributed by atoms with van der Waals surface area (Å²) >= 11 is 9.21. The molecule has 1 aromatic carbocycles. The van der Waals surface area contributed by atoms with E-state index in [1.54, 1.807) is 18.2 Å². The summed E-state index contributed by atoms with van der Waals surface area (Å²) in [4.78, 5) is 11.9. The lowest BCUT2D eigenvalue weighted by molar-refractivity contribution is 0.0948. The van der Waals surface area contributed by atoms with Crippen molar-refractivity contribution in [3.05, 3.63) is 56.9 Å². The molecular formula is C13H11BrClNO2. The molecule has 0 unspecified atom stereocenters. The lowest BCUT2D eigenvalue weighted by Gasteiger charge is -2.04. The van der Waals surface area contributed by atoms with Crippen molar-refractivity contribution in [1.29, 1.82) is 0 Å². The largest absolute Gasteiger partial charge is 0.465 e. The van der Waals surface area contributed by atoms with Gasteiger partial charge in [-0.1, -0.05) is 11.6 Å². The normalized spacial score (nSPS) is 10.4. The van der Waals surface area contributed by atoms with Crippen LogP contribution in [0.15, 0.2) is 39.2 Å². The minimum absolute atomic E-state index is 0.182. The molecule has 94 valence electrons. The first kappa shape index (κ1) is 13.2. The number of rotatable bonds is 3. The Morgan fingerprint density at radius 3 is 2.78 bits per heavy atom. The summed E-state index contributed by atoms with van der Waals surface area (Å²) in [5.41, 5.74) is 0.520. The Bertz CT molecular complexity index is 580. The molecule has 0 saturated heterocycles. The molecular weight excluding hydrogens is 318 g/mol. The number of nitrogens with one attached hydrogen (secondary N) is 1. The fourth-order valence-corrected chi connectivity index (χ4v) is 1.91. The van der Waals surface area contributed by atoms with Gasteiger partial charge in [-0.3, -0.25) is 4.79 Å². The molecule has 0 spiro atoms. The molecule has 18 heavy (non-hydrogen) atoms. The molecule has 1 heterocycles. The van der Waals surface area contributed by atoms with Crippen LogP contribution in [0, 0.1) is 6.92 Å². The molecule has 1 N–H and O–H groups in total. The zero-order valence-corrected chi connectivity index (χ0v) is 12.0. The zero-order valence-electron chi connectivity index (χ0n) is 9.67. The maximum absolute atomic E-state index is 11.9. The standard InChI is InChI=1S/C13H11BrClNO2/c1-8-2-4-10(18-8)7-16-13(17)9-3-5-11(14)12(15)6-9/h2-6H,7H2,1H3,(H,16,17). The first-order chi connectivity index (χ1) is 8.56. The summed E-state index contributed by atoms with van der Waals surface area (Å²) in [6, 6.07) is 8.77. The van der Waals surface area contributed by atoms with Gasteiger partial charge in [0.15, 0.2) is 0 Å². The van der Waals surface area contributed by atoms with Gasteiger partial charge in [-0.25, -0.2) is 0 Å². The Morgan fingerprint density at radius 1 is 1.39 bits per heavy atom. The fraction of sp³-hybridized carbons (Fsp3) is 0.154. The number of hydrogen-bond acceptors (Lipinski definition) is 2. The first-order valence-electron chi connectivity index (χ1n) is 5.35. The number of hydrogen-bond donors (Lipinski definition) is 1. The molecule has 0 saturated carbocycles. The van der Waals surface area contributed by atoms with E-state index in [0.29, 0.717) is 17.1 Å². The van der Waals surface area contributed by atoms with Crippen LogP contribution in [0.25, 0.3) is 0 Å². The fourth-order valence-electron chi connectivity index (χ4n) is 1.49. The highest BCUT2D eigenvalue weighted by Crippen LogP contribution is 2.23. The Kier molecular flexibility index (Phi) is 4.09. The lowest BCUT2D eigenvalue weighted by atomic mass is 10.2. The van der Waals surface area contributed by atoms with Crippen LogP contribution in [0.4, 0.5) is 0 Å². The highest BCUT2D eigenvalue weighted by Gasteiger charge is 2.08. The van der Waals surface area contributed by atoms with E-state index in [4.69, 9.17) is 16.0 Å². The predicted molar refractivity (Wildman–Crippen MR) is 73.8 cm³/mol. The van der Waals surface area contributed by atoms with E-state index in [9.17, 15) is 4.79 Å². The Labute approximate surface area is 118 Å². The van der Waals surface area contributed by atoms with E-state index in [1.165, 1.54) is 0 Å². The summed E-state index contributed by atoms with van der Waals surface area (Å²) < 4.78 is 6.13. The summed E-state index contributed by atoms with van der Waals surface area (Å²) in [6.45, 7) is 2.22. The number of furan rings is 1. The minimum Gasteiger partial charge on any atom is -0.465 e. The predicted octanol–water partition coefficient (Wildman–Crippen LogP) is 3.93. The van der Waals surface area contributed by atoms with Crippen molar-refractivity contribution in [3.63, 3.8) is 0 Å². The molecule has 0 aliphatic heterocycles. The van der Waals surface area contributed by atoms with Crippen LogP contribution in [0.3, 0.4) is 0 Å². The molecule has 0 bridgehead atoms. The molecule has 3 nitrogen and oxygen atoms in total. The second-order valence-electron chi connectivity index (χ2n) is 3.82. The molecule has 0 fully saturated rings. The molecule has 2 rings (SSSR count). The van der Waals surface area contributed by atoms with E-state index >= 15 is 0 Å². The smallest absolute Gasteiger partial charge is 0.251 e. The van der Waals surface area contributed by atoms with Crippen molar-refractivity contribution in [2.45, 2.75) is 13.5 Å². The summed E-state index contributed by atoms with van der Waals surface area (Å²) in [5.74, 6) is 1.37. The van der Waals surface area contributed by atoms with Gasteiger partial charge < -0.3 is 9.73 Å². The molecule has 1 aromatic heterocycles. The second kappa shape index (κ2) is 5.59. The average molecular weight is 329 g/mol. The molecule has 0 atom stereocenters. The first-order valence-corrected chi connectivity index (χ1v) is 6.52. The van der Waals surface area contributed by atoms with Gasteiger partial charge in [-0.15, -0.1) is 0 Å². The van der Waals surface area contributed by atoms with E-state index in [0.717, 1.165) is 16.0 Å². The van der Waals surface area contributed by atoms with Gasteiger partial charge >= 0.3 is 0 Å². The number of benzene rings is 1. The molecule has 0 aliphatic rings. The molecule has 1 amide bonds. The van der Waals surface area contributed by atoms with Gasteiger partial charge in [0.25, 0.3) is 5.91 Å². The van der Waals surface area contributed by atoms with Crippen LogP contribution >= 0.6 is 27.5 Å². The van der Waals surface area contributed by atoms with Gasteiger partial charge in [0.2, 0.25) is 0 Å². The minimum atomic E-state index is -0.182. The van der Waals surface area contributed by atoms with Gasteiger partial charge in [0, 0.05) is 10.0 Å². The topological polar surface area (TPSA) is 42.2 Å². The van der Waals surface area contributed by atoms with Crippen molar-refractivity contribution < 1.29 is 9.21 Å². The molecule has 5 heteroatoms. The van der Waals surface area contributed by atoms with Crippen LogP contribution in [0.1, 0.15) is 21.9 Å². The second-order valence-corrected chi connectivity index (χ2v) is 5.09. The third kappa shape index (κ3) is 3.15. The van der Waals surface area contributed by atoms with Crippen molar-refractivity contribution >= 4 is 33.4 Å². The van der Waals surface area contributed by atoms with Crippen LogP contribution in [0.2, 0.25) is 5.02 Å². The SMILES string of the molecule is Cc1ccc(CNC(=O)c2ccc(Br)c(Cl)c2)o1. The van der Waals surface area contributed by atoms with E-state index in [2.05, 4.69) is 21.2 Å². The molecule has 0 aliphatic carbocycles. The van der Waals surface area contributed by atoms with Gasteiger partial charge in [0.05, 0.1) is 11.6 Å². The Balaban J connectivity index is 2.01. The molecule has 0 radical (unpaired) electrons. The number of carbonyl (C=O) groups excluding carboxylic acids is 1. The third-order valence-electron chi connectivity index (χ3n) is 2.40. The summed E-state index contributed by atoms with van der Waals surface area (Å²) in [5, 5.41) is 3.28. The maximum atomic E-state index is 11.9. The van der Waals surface area contributed by atoms with Crippen LogP contribution < -0.4 is 5.32 Å². The van der Waals surface area contributed by atoms with Crippen molar-refractivity contribution in [2.24, 2.45) is 0 Å². The van der Waals surface area contributed by atoms with Gasteiger partial charge in [0.1, 0.15) is 11.5 Å². The van der Waals surface area contributed by atoms with Crippen LogP contribution in [0.5, 0.6) is 0 Å². The number of halogens is 2. The number of aryl methyl sites for hydroxylation is 1. The van der Waals surface area contributed by atoms with Crippen LogP contribution in [-0.2, 0) is 6.54 Å². The van der Waals surface area contributed by atoms with Gasteiger partial charge in [-0.2, -0.15) is 0 Å². The Hall–Kier alpha value is -1.26. The average Bonchev–Trinajstić information content (AvgIpc) is 2.75. The summed E-state index contributed by atoms with van der Waals surface area (Å²) in [6.07, 6.45) is 0. The quantitative estimate of drug-likeness (QED) is 0.927. The van der Waals surface area contributed by atoms with Crippen molar-refractivity contribution in [2.75, 3.05) is 0 Å². The van der Waals surface area contributed by atoms with Gasteiger partial charge in [-0.05, 0) is 53.2 Å².